The van der Waals surface area contributed by atoms with Crippen molar-refractivity contribution in [2.45, 2.75) is 6.54 Å². The number of halogens is 1. The Hall–Kier alpha value is -3.22. The van der Waals surface area contributed by atoms with E-state index >= 15 is 0 Å². The molecule has 1 aromatic heterocycles. The number of fused-ring (bicyclic) bond motifs is 1. The Morgan fingerprint density at radius 3 is 2.67 bits per heavy atom. The number of hydrogen-bond donors (Lipinski definition) is 1. The van der Waals surface area contributed by atoms with Crippen LogP contribution in [0.3, 0.4) is 0 Å². The van der Waals surface area contributed by atoms with Crippen LogP contribution in [0, 0.1) is 5.82 Å². The van der Waals surface area contributed by atoms with Gasteiger partial charge >= 0.3 is 11.7 Å². The molecule has 7 heteroatoms. The van der Waals surface area contributed by atoms with Gasteiger partial charge in [0.05, 0.1) is 30.1 Å². The molecule has 0 atom stereocenters. The summed E-state index contributed by atoms with van der Waals surface area (Å²) in [5, 5.41) is 0.221. The van der Waals surface area contributed by atoms with Gasteiger partial charge in [-0.2, -0.15) is 0 Å². The molecule has 0 unspecified atom stereocenters. The molecule has 3 rings (SSSR count). The average Bonchev–Trinajstić information content (AvgIpc) is 2.58. The van der Waals surface area contributed by atoms with Crippen LogP contribution in [0.25, 0.3) is 10.9 Å². The van der Waals surface area contributed by atoms with Crippen LogP contribution in [0.4, 0.5) is 4.39 Å². The molecule has 0 aliphatic carbocycles. The summed E-state index contributed by atoms with van der Waals surface area (Å²) in [5.41, 5.74) is -0.577. The van der Waals surface area contributed by atoms with Crippen LogP contribution in [0.15, 0.2) is 52.1 Å². The third kappa shape index (κ3) is 2.71. The van der Waals surface area contributed by atoms with Crippen molar-refractivity contribution in [1.29, 1.82) is 0 Å². The number of aromatic amines is 1. The molecule has 0 aliphatic rings. The standard InChI is InChI=1S/C17H13FN2O4/c1-24-16(22)10-6-7-12-14(8-10)19-17(23)20(15(12)21)9-11-4-2-3-5-13(11)18/h2-8H,9H2,1H3,(H,19,23). The smallest absolute Gasteiger partial charge is 0.337 e. The van der Waals surface area contributed by atoms with Crippen LogP contribution in [0.1, 0.15) is 15.9 Å². The molecule has 1 heterocycles. The van der Waals surface area contributed by atoms with Gasteiger partial charge in [-0.25, -0.2) is 14.0 Å². The number of carbonyl (C=O) groups is 1. The first kappa shape index (κ1) is 15.7. The van der Waals surface area contributed by atoms with Crippen LogP contribution >= 0.6 is 0 Å². The van der Waals surface area contributed by atoms with Gasteiger partial charge in [0.1, 0.15) is 5.82 Å². The van der Waals surface area contributed by atoms with Gasteiger partial charge in [0.25, 0.3) is 5.56 Å². The number of nitrogens with zero attached hydrogens (tertiary/aromatic N) is 1. The maximum atomic E-state index is 13.8. The summed E-state index contributed by atoms with van der Waals surface area (Å²) in [4.78, 5) is 38.8. The number of rotatable bonds is 3. The van der Waals surface area contributed by atoms with Gasteiger partial charge in [-0.1, -0.05) is 18.2 Å². The minimum atomic E-state index is -0.683. The normalized spacial score (nSPS) is 10.8. The third-order valence-electron chi connectivity index (χ3n) is 3.69. The Kier molecular flexibility index (Phi) is 3.99. The molecule has 1 N–H and O–H groups in total. The van der Waals surface area contributed by atoms with Crippen LogP contribution in [-0.2, 0) is 11.3 Å². The summed E-state index contributed by atoms with van der Waals surface area (Å²) in [7, 11) is 1.24. The maximum Gasteiger partial charge on any atom is 0.337 e. The molecule has 0 fully saturated rings. The summed E-state index contributed by atoms with van der Waals surface area (Å²) in [6, 6.07) is 10.2. The lowest BCUT2D eigenvalue weighted by Gasteiger charge is -2.08. The van der Waals surface area contributed by atoms with E-state index in [1.165, 1.54) is 43.5 Å². The van der Waals surface area contributed by atoms with E-state index in [2.05, 4.69) is 9.72 Å². The molecule has 0 aliphatic heterocycles. The zero-order valence-electron chi connectivity index (χ0n) is 12.7. The summed E-state index contributed by atoms with van der Waals surface area (Å²) in [6.45, 7) is -0.185. The lowest BCUT2D eigenvalue weighted by atomic mass is 10.1. The monoisotopic (exact) mass is 328 g/mol. The number of esters is 1. The predicted molar refractivity (Wildman–Crippen MR) is 85.7 cm³/mol. The quantitative estimate of drug-likeness (QED) is 0.742. The predicted octanol–water partition coefficient (Wildman–Crippen LogP) is 1.66. The highest BCUT2D eigenvalue weighted by molar-refractivity contribution is 5.93. The van der Waals surface area contributed by atoms with Crippen LogP contribution in [0.5, 0.6) is 0 Å². The van der Waals surface area contributed by atoms with Gasteiger partial charge in [-0.3, -0.25) is 9.36 Å². The number of H-pyrrole nitrogens is 1. The minimum absolute atomic E-state index is 0.185. The van der Waals surface area contributed by atoms with Gasteiger partial charge in [0.15, 0.2) is 0 Å². The van der Waals surface area contributed by atoms with Gasteiger partial charge in [-0.05, 0) is 24.3 Å². The molecule has 0 radical (unpaired) electrons. The van der Waals surface area contributed by atoms with Gasteiger partial charge in [-0.15, -0.1) is 0 Å². The number of carbonyl (C=O) groups excluding carboxylic acids is 1. The topological polar surface area (TPSA) is 81.2 Å². The van der Waals surface area contributed by atoms with Crippen LogP contribution in [-0.4, -0.2) is 22.6 Å². The molecular weight excluding hydrogens is 315 g/mol. The molecule has 6 nitrogen and oxygen atoms in total. The second-order valence-electron chi connectivity index (χ2n) is 5.16. The summed E-state index contributed by atoms with van der Waals surface area (Å²) >= 11 is 0. The zero-order chi connectivity index (χ0) is 17.3. The third-order valence-corrected chi connectivity index (χ3v) is 3.69. The van der Waals surface area contributed by atoms with Crippen LogP contribution < -0.4 is 11.2 Å². The average molecular weight is 328 g/mol. The van der Waals surface area contributed by atoms with Gasteiger partial charge in [0.2, 0.25) is 0 Å². The first-order valence-electron chi connectivity index (χ1n) is 7.10. The van der Waals surface area contributed by atoms with Crippen molar-refractivity contribution in [3.8, 4) is 0 Å². The van der Waals surface area contributed by atoms with E-state index in [0.717, 1.165) is 4.57 Å². The van der Waals surface area contributed by atoms with Crippen molar-refractivity contribution in [2.24, 2.45) is 0 Å². The fourth-order valence-corrected chi connectivity index (χ4v) is 2.44. The fraction of sp³-hybridized carbons (Fsp3) is 0.118. The number of hydrogen-bond acceptors (Lipinski definition) is 4. The molecule has 0 amide bonds. The van der Waals surface area contributed by atoms with Crippen molar-refractivity contribution in [2.75, 3.05) is 7.11 Å². The second-order valence-corrected chi connectivity index (χ2v) is 5.16. The highest BCUT2D eigenvalue weighted by Gasteiger charge is 2.12. The van der Waals surface area contributed by atoms with Crippen molar-refractivity contribution in [1.82, 2.24) is 9.55 Å². The van der Waals surface area contributed by atoms with E-state index in [4.69, 9.17) is 0 Å². The SMILES string of the molecule is COC(=O)c1ccc2c(=O)n(Cc3ccccc3F)c(=O)[nH]c2c1. The molecule has 0 bridgehead atoms. The molecule has 24 heavy (non-hydrogen) atoms. The van der Waals surface area contributed by atoms with E-state index in [9.17, 15) is 18.8 Å². The molecule has 0 saturated carbocycles. The number of benzene rings is 2. The Morgan fingerprint density at radius 1 is 1.21 bits per heavy atom. The van der Waals surface area contributed by atoms with E-state index in [1.807, 2.05) is 0 Å². The summed E-state index contributed by atoms with van der Waals surface area (Å²) in [5.74, 6) is -1.07. The lowest BCUT2D eigenvalue weighted by molar-refractivity contribution is 0.0601. The first-order valence-corrected chi connectivity index (χ1v) is 7.10. The second kappa shape index (κ2) is 6.11. The lowest BCUT2D eigenvalue weighted by Crippen LogP contribution is -2.35. The Bertz CT molecular complexity index is 1050. The summed E-state index contributed by atoms with van der Waals surface area (Å²) < 4.78 is 19.3. The van der Waals surface area contributed by atoms with Gasteiger partial charge < -0.3 is 9.72 Å². The highest BCUT2D eigenvalue weighted by atomic mass is 19.1. The number of nitrogens with one attached hydrogen (secondary N) is 1. The van der Waals surface area contributed by atoms with E-state index in [1.54, 1.807) is 6.07 Å². The van der Waals surface area contributed by atoms with Gasteiger partial charge in [0, 0.05) is 5.56 Å². The molecule has 122 valence electrons. The van der Waals surface area contributed by atoms with Crippen molar-refractivity contribution in [3.63, 3.8) is 0 Å². The van der Waals surface area contributed by atoms with Crippen LogP contribution in [0.2, 0.25) is 0 Å². The maximum absolute atomic E-state index is 13.8. The zero-order valence-corrected chi connectivity index (χ0v) is 12.7. The van der Waals surface area contributed by atoms with E-state index < -0.39 is 23.0 Å². The van der Waals surface area contributed by atoms with E-state index in [0.29, 0.717) is 0 Å². The number of aromatic nitrogens is 2. The molecule has 0 saturated heterocycles. The Labute approximate surface area is 135 Å². The number of methoxy groups -OCH3 is 1. The summed E-state index contributed by atoms with van der Waals surface area (Å²) in [6.07, 6.45) is 0. The molecule has 2 aromatic carbocycles. The van der Waals surface area contributed by atoms with Crippen molar-refractivity contribution >= 4 is 16.9 Å². The largest absolute Gasteiger partial charge is 0.465 e. The fourth-order valence-electron chi connectivity index (χ4n) is 2.44. The minimum Gasteiger partial charge on any atom is -0.465 e. The Morgan fingerprint density at radius 2 is 1.96 bits per heavy atom. The molecular formula is C17H13FN2O4. The van der Waals surface area contributed by atoms with E-state index in [-0.39, 0.29) is 28.6 Å². The molecule has 3 aromatic rings. The number of ether oxygens (including phenoxy) is 1. The van der Waals surface area contributed by atoms with Crippen molar-refractivity contribution < 1.29 is 13.9 Å². The molecule has 0 spiro atoms. The van der Waals surface area contributed by atoms with Crippen molar-refractivity contribution in [3.05, 3.63) is 80.2 Å². The Balaban J connectivity index is 2.14. The first-order chi connectivity index (χ1) is 11.5. The highest BCUT2D eigenvalue weighted by Crippen LogP contribution is 2.11.